The summed E-state index contributed by atoms with van der Waals surface area (Å²) in [6, 6.07) is 0. The third-order valence-electron chi connectivity index (χ3n) is 1.49. The van der Waals surface area contributed by atoms with Gasteiger partial charge in [-0.2, -0.15) is 0 Å². The Labute approximate surface area is 60.3 Å². The molecule has 1 aliphatic rings. The summed E-state index contributed by atoms with van der Waals surface area (Å²) in [5.41, 5.74) is 0. The third kappa shape index (κ3) is 1.48. The second-order valence-corrected chi connectivity index (χ2v) is 2.43. The molecule has 10 heavy (non-hydrogen) atoms. The van der Waals surface area contributed by atoms with Crippen molar-refractivity contribution >= 4 is 5.97 Å². The lowest BCUT2D eigenvalue weighted by atomic mass is 10.2. The maximum absolute atomic E-state index is 10.8. The Balaban J connectivity index is 2.39. The summed E-state index contributed by atoms with van der Waals surface area (Å²) in [7, 11) is 0. The van der Waals surface area contributed by atoms with Crippen LogP contribution in [0.3, 0.4) is 0 Å². The van der Waals surface area contributed by atoms with Gasteiger partial charge >= 0.3 is 5.97 Å². The molecular weight excluding hydrogens is 132 g/mol. The fourth-order valence-electron chi connectivity index (χ4n) is 1.06. The fourth-order valence-corrected chi connectivity index (χ4v) is 1.06. The Bertz CT molecular complexity index is 133. The maximum Gasteiger partial charge on any atom is 0.335 e. The van der Waals surface area contributed by atoms with E-state index in [0.717, 1.165) is 0 Å². The first kappa shape index (κ1) is 7.54. The standard InChI is InChI=1S/C7H12O3/c1-3-9-6-4-5(2)10-7(6)8/h5-6H,3-4H2,1-2H3/t5-,6+/m1/s1. The first-order valence-electron chi connectivity index (χ1n) is 3.56. The Kier molecular flexibility index (Phi) is 2.27. The highest BCUT2D eigenvalue weighted by atomic mass is 16.6. The van der Waals surface area contributed by atoms with Crippen LogP contribution in [0.25, 0.3) is 0 Å². The van der Waals surface area contributed by atoms with Crippen molar-refractivity contribution in [3.63, 3.8) is 0 Å². The van der Waals surface area contributed by atoms with Gasteiger partial charge in [0.25, 0.3) is 0 Å². The lowest BCUT2D eigenvalue weighted by Gasteiger charge is -2.02. The summed E-state index contributed by atoms with van der Waals surface area (Å²) in [6.45, 7) is 4.32. The number of cyclic esters (lactones) is 1. The monoisotopic (exact) mass is 144 g/mol. The average Bonchev–Trinajstić information content (AvgIpc) is 2.13. The van der Waals surface area contributed by atoms with E-state index in [2.05, 4.69) is 0 Å². The molecule has 3 nitrogen and oxygen atoms in total. The molecule has 0 N–H and O–H groups in total. The second-order valence-electron chi connectivity index (χ2n) is 2.43. The highest BCUT2D eigenvalue weighted by molar-refractivity contribution is 5.76. The summed E-state index contributed by atoms with van der Waals surface area (Å²) in [5, 5.41) is 0. The molecule has 1 fully saturated rings. The fraction of sp³-hybridized carbons (Fsp3) is 0.857. The smallest absolute Gasteiger partial charge is 0.335 e. The molecular formula is C7H12O3. The van der Waals surface area contributed by atoms with Crippen molar-refractivity contribution in [2.45, 2.75) is 32.5 Å². The minimum absolute atomic E-state index is 0.0315. The number of carbonyl (C=O) groups is 1. The van der Waals surface area contributed by atoms with Gasteiger partial charge in [0.1, 0.15) is 6.10 Å². The van der Waals surface area contributed by atoms with Gasteiger partial charge in [-0.05, 0) is 13.8 Å². The number of hydrogen-bond donors (Lipinski definition) is 0. The lowest BCUT2D eigenvalue weighted by molar-refractivity contribution is -0.149. The van der Waals surface area contributed by atoms with E-state index < -0.39 is 0 Å². The summed E-state index contributed by atoms with van der Waals surface area (Å²) >= 11 is 0. The third-order valence-corrected chi connectivity index (χ3v) is 1.49. The van der Waals surface area contributed by atoms with Gasteiger partial charge in [0.2, 0.25) is 0 Å². The van der Waals surface area contributed by atoms with E-state index in [9.17, 15) is 4.79 Å². The van der Waals surface area contributed by atoms with E-state index in [-0.39, 0.29) is 18.2 Å². The van der Waals surface area contributed by atoms with Crippen molar-refractivity contribution in [3.05, 3.63) is 0 Å². The van der Waals surface area contributed by atoms with E-state index in [4.69, 9.17) is 9.47 Å². The lowest BCUT2D eigenvalue weighted by Crippen LogP contribution is -2.17. The molecule has 1 saturated heterocycles. The zero-order valence-electron chi connectivity index (χ0n) is 6.29. The summed E-state index contributed by atoms with van der Waals surface area (Å²) in [4.78, 5) is 10.8. The molecule has 0 bridgehead atoms. The molecule has 0 aromatic carbocycles. The average molecular weight is 144 g/mol. The minimum atomic E-state index is -0.306. The van der Waals surface area contributed by atoms with Crippen LogP contribution in [0.2, 0.25) is 0 Å². The first-order chi connectivity index (χ1) is 4.74. The van der Waals surface area contributed by atoms with Crippen LogP contribution in [0.15, 0.2) is 0 Å². The van der Waals surface area contributed by atoms with Gasteiger partial charge < -0.3 is 9.47 Å². The Morgan fingerprint density at radius 2 is 2.50 bits per heavy atom. The molecule has 1 aliphatic heterocycles. The summed E-state index contributed by atoms with van der Waals surface area (Å²) in [5.74, 6) is -0.214. The molecule has 0 radical (unpaired) electrons. The molecule has 0 saturated carbocycles. The molecule has 3 heteroatoms. The molecule has 0 amide bonds. The second kappa shape index (κ2) is 3.01. The zero-order chi connectivity index (χ0) is 7.56. The number of ether oxygens (including phenoxy) is 2. The molecule has 0 aromatic rings. The minimum Gasteiger partial charge on any atom is -0.461 e. The number of hydrogen-bond acceptors (Lipinski definition) is 3. The van der Waals surface area contributed by atoms with Gasteiger partial charge in [-0.3, -0.25) is 0 Å². The van der Waals surface area contributed by atoms with Crippen molar-refractivity contribution in [1.82, 2.24) is 0 Å². The number of esters is 1. The highest BCUT2D eigenvalue weighted by Crippen LogP contribution is 2.16. The molecule has 2 atom stereocenters. The van der Waals surface area contributed by atoms with Crippen molar-refractivity contribution in [2.24, 2.45) is 0 Å². The zero-order valence-corrected chi connectivity index (χ0v) is 6.29. The summed E-state index contributed by atoms with van der Waals surface area (Å²) < 4.78 is 9.97. The van der Waals surface area contributed by atoms with Gasteiger partial charge in [-0.15, -0.1) is 0 Å². The van der Waals surface area contributed by atoms with Crippen LogP contribution in [-0.4, -0.2) is 24.8 Å². The van der Waals surface area contributed by atoms with Crippen LogP contribution >= 0.6 is 0 Å². The van der Waals surface area contributed by atoms with E-state index >= 15 is 0 Å². The topological polar surface area (TPSA) is 35.5 Å². The van der Waals surface area contributed by atoms with Crippen molar-refractivity contribution < 1.29 is 14.3 Å². The molecule has 58 valence electrons. The van der Waals surface area contributed by atoms with Gasteiger partial charge in [-0.25, -0.2) is 4.79 Å². The Morgan fingerprint density at radius 1 is 1.80 bits per heavy atom. The molecule has 0 unspecified atom stereocenters. The van der Waals surface area contributed by atoms with Gasteiger partial charge in [0, 0.05) is 13.0 Å². The molecule has 1 heterocycles. The van der Waals surface area contributed by atoms with E-state index in [1.807, 2.05) is 13.8 Å². The molecule has 0 spiro atoms. The van der Waals surface area contributed by atoms with Crippen LogP contribution in [0.5, 0.6) is 0 Å². The SMILES string of the molecule is CCO[C@H]1C[C@@H](C)OC1=O. The normalized spacial score (nSPS) is 32.4. The van der Waals surface area contributed by atoms with Crippen LogP contribution < -0.4 is 0 Å². The van der Waals surface area contributed by atoms with Crippen LogP contribution in [0.4, 0.5) is 0 Å². The molecule has 1 rings (SSSR count). The molecule has 0 aliphatic carbocycles. The van der Waals surface area contributed by atoms with E-state index in [1.165, 1.54) is 0 Å². The predicted octanol–water partition coefficient (Wildman–Crippen LogP) is 0.727. The number of carbonyl (C=O) groups excluding carboxylic acids is 1. The van der Waals surface area contributed by atoms with Crippen LogP contribution in [0, 0.1) is 0 Å². The van der Waals surface area contributed by atoms with Gasteiger partial charge in [0.05, 0.1) is 0 Å². The molecule has 0 aromatic heterocycles. The Morgan fingerprint density at radius 3 is 2.90 bits per heavy atom. The van der Waals surface area contributed by atoms with Gasteiger partial charge in [0.15, 0.2) is 6.10 Å². The quantitative estimate of drug-likeness (QED) is 0.536. The highest BCUT2D eigenvalue weighted by Gasteiger charge is 2.31. The van der Waals surface area contributed by atoms with Crippen LogP contribution in [0.1, 0.15) is 20.3 Å². The van der Waals surface area contributed by atoms with E-state index in [0.29, 0.717) is 13.0 Å². The summed E-state index contributed by atoms with van der Waals surface area (Å²) in [6.07, 6.45) is 0.427. The van der Waals surface area contributed by atoms with Crippen molar-refractivity contribution in [3.8, 4) is 0 Å². The largest absolute Gasteiger partial charge is 0.461 e. The van der Waals surface area contributed by atoms with Crippen LogP contribution in [-0.2, 0) is 14.3 Å². The maximum atomic E-state index is 10.8. The van der Waals surface area contributed by atoms with E-state index in [1.54, 1.807) is 0 Å². The van der Waals surface area contributed by atoms with Crippen molar-refractivity contribution in [2.75, 3.05) is 6.61 Å². The van der Waals surface area contributed by atoms with Gasteiger partial charge in [-0.1, -0.05) is 0 Å². The first-order valence-corrected chi connectivity index (χ1v) is 3.56. The number of rotatable bonds is 2. The Hall–Kier alpha value is -0.570. The van der Waals surface area contributed by atoms with Crippen molar-refractivity contribution in [1.29, 1.82) is 0 Å². The predicted molar refractivity (Wildman–Crippen MR) is 35.6 cm³/mol.